The lowest BCUT2D eigenvalue weighted by atomic mass is 10.2. The Labute approximate surface area is 147 Å². The van der Waals surface area contributed by atoms with Gasteiger partial charge in [-0.2, -0.15) is 0 Å². The van der Waals surface area contributed by atoms with E-state index in [0.717, 1.165) is 35.5 Å². The number of benzene rings is 1. The molecule has 0 aliphatic carbocycles. The standard InChI is InChI=1S/C16H25N5O2S/c1-5-22-15-10-13(6-7-14(15)23-12(2)3)11-17-8-9-24-16-18-19-20-21(16)4/h6-7,10,12,17H,5,8-9,11H2,1-4H3. The van der Waals surface area contributed by atoms with E-state index in [1.54, 1.807) is 16.4 Å². The van der Waals surface area contributed by atoms with Crippen LogP contribution in [-0.2, 0) is 13.6 Å². The molecule has 0 saturated heterocycles. The molecule has 1 aromatic carbocycles. The quantitative estimate of drug-likeness (QED) is 0.520. The third-order valence-electron chi connectivity index (χ3n) is 3.09. The Morgan fingerprint density at radius 2 is 2.12 bits per heavy atom. The van der Waals surface area contributed by atoms with Crippen LogP contribution in [0.25, 0.3) is 0 Å². The molecule has 0 fully saturated rings. The maximum Gasteiger partial charge on any atom is 0.209 e. The van der Waals surface area contributed by atoms with Crippen LogP contribution in [-0.4, -0.2) is 45.2 Å². The van der Waals surface area contributed by atoms with E-state index in [4.69, 9.17) is 9.47 Å². The normalized spacial score (nSPS) is 11.0. The average molecular weight is 351 g/mol. The fourth-order valence-corrected chi connectivity index (χ4v) is 2.82. The Balaban J connectivity index is 1.81. The second-order valence-electron chi connectivity index (χ2n) is 5.49. The van der Waals surface area contributed by atoms with Crippen molar-refractivity contribution in [2.75, 3.05) is 18.9 Å². The summed E-state index contributed by atoms with van der Waals surface area (Å²) in [5.74, 6) is 2.49. The molecule has 1 heterocycles. The molecule has 24 heavy (non-hydrogen) atoms. The van der Waals surface area contributed by atoms with E-state index < -0.39 is 0 Å². The van der Waals surface area contributed by atoms with Crippen molar-refractivity contribution in [3.63, 3.8) is 0 Å². The van der Waals surface area contributed by atoms with E-state index in [2.05, 4.69) is 26.9 Å². The highest BCUT2D eigenvalue weighted by Gasteiger charge is 2.08. The van der Waals surface area contributed by atoms with Crippen molar-refractivity contribution in [1.29, 1.82) is 0 Å². The first-order valence-corrected chi connectivity index (χ1v) is 9.07. The lowest BCUT2D eigenvalue weighted by Gasteiger charge is -2.15. The van der Waals surface area contributed by atoms with Gasteiger partial charge in [0.15, 0.2) is 11.5 Å². The van der Waals surface area contributed by atoms with Crippen LogP contribution < -0.4 is 14.8 Å². The van der Waals surface area contributed by atoms with Gasteiger partial charge < -0.3 is 14.8 Å². The predicted molar refractivity (Wildman–Crippen MR) is 94.6 cm³/mol. The molecule has 7 nitrogen and oxygen atoms in total. The van der Waals surface area contributed by atoms with Gasteiger partial charge in [0, 0.05) is 25.9 Å². The first-order valence-electron chi connectivity index (χ1n) is 8.08. The van der Waals surface area contributed by atoms with Crippen LogP contribution in [0.4, 0.5) is 0 Å². The Kier molecular flexibility index (Phi) is 7.33. The van der Waals surface area contributed by atoms with E-state index in [9.17, 15) is 0 Å². The smallest absolute Gasteiger partial charge is 0.209 e. The molecular weight excluding hydrogens is 326 g/mol. The van der Waals surface area contributed by atoms with Gasteiger partial charge in [-0.15, -0.1) is 5.10 Å². The number of ether oxygens (including phenoxy) is 2. The second-order valence-corrected chi connectivity index (χ2v) is 6.55. The molecule has 1 N–H and O–H groups in total. The van der Waals surface area contributed by atoms with Gasteiger partial charge in [0.1, 0.15) is 0 Å². The molecule has 8 heteroatoms. The van der Waals surface area contributed by atoms with Gasteiger partial charge in [-0.25, -0.2) is 4.68 Å². The lowest BCUT2D eigenvalue weighted by Crippen LogP contribution is -2.17. The second kappa shape index (κ2) is 9.48. The first-order chi connectivity index (χ1) is 11.6. The highest BCUT2D eigenvalue weighted by Crippen LogP contribution is 2.29. The predicted octanol–water partition coefficient (Wildman–Crippen LogP) is 2.28. The number of thioether (sulfide) groups is 1. The number of hydrogen-bond donors (Lipinski definition) is 1. The summed E-state index contributed by atoms with van der Waals surface area (Å²) in [5, 5.41) is 15.6. The molecule has 0 saturated carbocycles. The third-order valence-corrected chi connectivity index (χ3v) is 4.10. The number of nitrogens with one attached hydrogen (secondary N) is 1. The van der Waals surface area contributed by atoms with Crippen molar-refractivity contribution in [3.8, 4) is 11.5 Å². The van der Waals surface area contributed by atoms with Gasteiger partial charge >= 0.3 is 0 Å². The van der Waals surface area contributed by atoms with Crippen molar-refractivity contribution < 1.29 is 9.47 Å². The van der Waals surface area contributed by atoms with Crippen molar-refractivity contribution >= 4 is 11.8 Å². The Bertz CT molecular complexity index is 633. The Hall–Kier alpha value is -1.80. The van der Waals surface area contributed by atoms with E-state index >= 15 is 0 Å². The van der Waals surface area contributed by atoms with Crippen molar-refractivity contribution in [1.82, 2.24) is 25.5 Å². The summed E-state index contributed by atoms with van der Waals surface area (Å²) in [6.07, 6.45) is 0.125. The summed E-state index contributed by atoms with van der Waals surface area (Å²) in [5.41, 5.74) is 1.17. The average Bonchev–Trinajstić information content (AvgIpc) is 2.94. The van der Waals surface area contributed by atoms with Crippen LogP contribution in [0.2, 0.25) is 0 Å². The van der Waals surface area contributed by atoms with Crippen molar-refractivity contribution in [3.05, 3.63) is 23.8 Å². The molecule has 132 valence electrons. The van der Waals surface area contributed by atoms with E-state index in [1.165, 1.54) is 5.56 Å². The van der Waals surface area contributed by atoms with E-state index in [1.807, 2.05) is 40.0 Å². The van der Waals surface area contributed by atoms with E-state index in [0.29, 0.717) is 6.61 Å². The van der Waals surface area contributed by atoms with Gasteiger partial charge in [0.25, 0.3) is 0 Å². The minimum atomic E-state index is 0.125. The number of aryl methyl sites for hydroxylation is 1. The fraction of sp³-hybridized carbons (Fsp3) is 0.562. The first kappa shape index (κ1) is 18.5. The van der Waals surface area contributed by atoms with Crippen LogP contribution in [0, 0.1) is 0 Å². The molecule has 0 atom stereocenters. The lowest BCUT2D eigenvalue weighted by molar-refractivity contribution is 0.223. The van der Waals surface area contributed by atoms with Crippen molar-refractivity contribution in [2.45, 2.75) is 38.6 Å². The molecule has 0 bridgehead atoms. The third kappa shape index (κ3) is 5.68. The number of rotatable bonds is 10. The molecule has 0 radical (unpaired) electrons. The topological polar surface area (TPSA) is 74.1 Å². The molecule has 0 aliphatic heterocycles. The van der Waals surface area contributed by atoms with Crippen LogP contribution in [0.15, 0.2) is 23.4 Å². The molecule has 0 aliphatic rings. The van der Waals surface area contributed by atoms with Crippen LogP contribution in [0.1, 0.15) is 26.3 Å². The SMILES string of the molecule is CCOc1cc(CNCCSc2nnnn2C)ccc1OC(C)C. The van der Waals surface area contributed by atoms with E-state index in [-0.39, 0.29) is 6.10 Å². The number of hydrogen-bond acceptors (Lipinski definition) is 7. The molecule has 2 aromatic rings. The van der Waals surface area contributed by atoms with Gasteiger partial charge in [-0.1, -0.05) is 17.8 Å². The zero-order valence-corrected chi connectivity index (χ0v) is 15.5. The minimum absolute atomic E-state index is 0.125. The summed E-state index contributed by atoms with van der Waals surface area (Å²) >= 11 is 1.63. The molecular formula is C16H25N5O2S. The van der Waals surface area contributed by atoms with Crippen molar-refractivity contribution in [2.24, 2.45) is 7.05 Å². The highest BCUT2D eigenvalue weighted by atomic mass is 32.2. The summed E-state index contributed by atoms with van der Waals surface area (Å²) in [6, 6.07) is 6.07. The van der Waals surface area contributed by atoms with Crippen LogP contribution in [0.5, 0.6) is 11.5 Å². The highest BCUT2D eigenvalue weighted by molar-refractivity contribution is 7.99. The molecule has 0 spiro atoms. The van der Waals surface area contributed by atoms with Gasteiger partial charge in [0.2, 0.25) is 5.16 Å². The maximum absolute atomic E-state index is 5.78. The summed E-state index contributed by atoms with van der Waals surface area (Å²) < 4.78 is 13.1. The zero-order chi connectivity index (χ0) is 17.4. The number of nitrogens with zero attached hydrogens (tertiary/aromatic N) is 4. The Morgan fingerprint density at radius 3 is 2.79 bits per heavy atom. The molecule has 2 rings (SSSR count). The van der Waals surface area contributed by atoms with Gasteiger partial charge in [-0.3, -0.25) is 0 Å². The zero-order valence-electron chi connectivity index (χ0n) is 14.7. The summed E-state index contributed by atoms with van der Waals surface area (Å²) in [6.45, 7) is 8.26. The summed E-state index contributed by atoms with van der Waals surface area (Å²) in [7, 11) is 1.84. The van der Waals surface area contributed by atoms with Crippen LogP contribution in [0.3, 0.4) is 0 Å². The number of tetrazole rings is 1. The monoisotopic (exact) mass is 351 g/mol. The Morgan fingerprint density at radius 1 is 1.29 bits per heavy atom. The fourth-order valence-electron chi connectivity index (χ4n) is 2.07. The number of aromatic nitrogens is 4. The summed E-state index contributed by atoms with van der Waals surface area (Å²) in [4.78, 5) is 0. The van der Waals surface area contributed by atoms with Gasteiger partial charge in [-0.05, 0) is 48.9 Å². The largest absolute Gasteiger partial charge is 0.490 e. The van der Waals surface area contributed by atoms with Crippen LogP contribution >= 0.6 is 11.8 Å². The molecule has 1 aromatic heterocycles. The maximum atomic E-state index is 5.78. The minimum Gasteiger partial charge on any atom is -0.490 e. The molecule has 0 amide bonds. The molecule has 0 unspecified atom stereocenters. The van der Waals surface area contributed by atoms with Gasteiger partial charge in [0.05, 0.1) is 12.7 Å².